The van der Waals surface area contributed by atoms with E-state index in [0.717, 1.165) is 0 Å². The summed E-state index contributed by atoms with van der Waals surface area (Å²) < 4.78 is 9.71. The number of ether oxygens (including phenoxy) is 2. The van der Waals surface area contributed by atoms with Gasteiger partial charge in [0, 0.05) is 12.7 Å². The number of carbonyl (C=O) groups is 1. The Morgan fingerprint density at radius 1 is 1.38 bits per heavy atom. The summed E-state index contributed by atoms with van der Waals surface area (Å²) in [7, 11) is 4.43. The lowest BCUT2D eigenvalue weighted by Crippen LogP contribution is -2.26. The maximum atomic E-state index is 11.3. The zero-order valence-electron chi connectivity index (χ0n) is 9.39. The van der Waals surface area contributed by atoms with Crippen LogP contribution < -0.4 is 15.4 Å². The number of halogens is 1. The molecule has 2 N–H and O–H groups in total. The first-order valence-corrected chi connectivity index (χ1v) is 4.35. The van der Waals surface area contributed by atoms with Crippen molar-refractivity contribution in [2.45, 2.75) is 0 Å². The fourth-order valence-corrected chi connectivity index (χ4v) is 1.20. The largest absolute Gasteiger partial charge is 0.495 e. The molecule has 1 aromatic carbocycles. The third-order valence-corrected chi connectivity index (χ3v) is 2.01. The van der Waals surface area contributed by atoms with E-state index in [1.807, 2.05) is 0 Å². The summed E-state index contributed by atoms with van der Waals surface area (Å²) in [4.78, 5) is 12.6. The van der Waals surface area contributed by atoms with Gasteiger partial charge in [-0.05, 0) is 18.2 Å². The molecule has 1 amide bonds. The number of amides is 1. The average Bonchev–Trinajstić information content (AvgIpc) is 2.27. The van der Waals surface area contributed by atoms with E-state index >= 15 is 0 Å². The van der Waals surface area contributed by atoms with Crippen molar-refractivity contribution in [2.24, 2.45) is 0 Å². The lowest BCUT2D eigenvalue weighted by atomic mass is 10.2. The molecule has 0 aromatic heterocycles. The van der Waals surface area contributed by atoms with E-state index in [-0.39, 0.29) is 12.4 Å². The van der Waals surface area contributed by atoms with Gasteiger partial charge in [-0.1, -0.05) is 0 Å². The minimum absolute atomic E-state index is 0. The number of carbonyl (C=O) groups excluding carboxylic acids is 1. The highest BCUT2D eigenvalue weighted by molar-refractivity contribution is 5.89. The Morgan fingerprint density at radius 2 is 2.00 bits per heavy atom. The van der Waals surface area contributed by atoms with Crippen molar-refractivity contribution in [1.29, 1.82) is 0 Å². The Balaban J connectivity index is 0.00000225. The Labute approximate surface area is 101 Å². The Kier molecular flexibility index (Phi) is 5.46. The number of nitrogen functional groups attached to an aromatic ring is 1. The Hall–Kier alpha value is -1.62. The van der Waals surface area contributed by atoms with Gasteiger partial charge in [0.15, 0.2) is 0 Å². The van der Waals surface area contributed by atoms with Crippen LogP contribution in [0.15, 0.2) is 18.2 Å². The number of anilines is 2. The molecular weight excluding hydrogens is 232 g/mol. The monoisotopic (exact) mass is 246 g/mol. The van der Waals surface area contributed by atoms with Gasteiger partial charge >= 0.3 is 6.09 Å². The van der Waals surface area contributed by atoms with E-state index < -0.39 is 6.09 Å². The SMILES string of the molecule is COC(=O)N(C)c1cc(N)ccc1OC.Cl. The minimum atomic E-state index is -0.473. The van der Waals surface area contributed by atoms with E-state index in [4.69, 9.17) is 10.5 Å². The maximum absolute atomic E-state index is 11.3. The van der Waals surface area contributed by atoms with Crippen LogP contribution in [0.2, 0.25) is 0 Å². The lowest BCUT2D eigenvalue weighted by Gasteiger charge is -2.18. The summed E-state index contributed by atoms with van der Waals surface area (Å²) in [6, 6.07) is 5.05. The van der Waals surface area contributed by atoms with Gasteiger partial charge in [-0.2, -0.15) is 0 Å². The molecule has 1 rings (SSSR count). The van der Waals surface area contributed by atoms with Crippen LogP contribution >= 0.6 is 12.4 Å². The van der Waals surface area contributed by atoms with E-state index in [1.165, 1.54) is 19.1 Å². The predicted octanol–water partition coefficient (Wildman–Crippen LogP) is 1.90. The van der Waals surface area contributed by atoms with Crippen LogP contribution in [0.3, 0.4) is 0 Å². The molecular formula is C10H15ClN2O3. The van der Waals surface area contributed by atoms with Gasteiger partial charge in [-0.25, -0.2) is 4.79 Å². The molecule has 90 valence electrons. The molecule has 0 aliphatic rings. The first-order valence-electron chi connectivity index (χ1n) is 4.35. The quantitative estimate of drug-likeness (QED) is 0.810. The molecule has 0 heterocycles. The number of hydrogen-bond donors (Lipinski definition) is 1. The van der Waals surface area contributed by atoms with Crippen molar-refractivity contribution in [2.75, 3.05) is 31.9 Å². The van der Waals surface area contributed by atoms with Gasteiger partial charge in [0.25, 0.3) is 0 Å². The summed E-state index contributed by atoms with van der Waals surface area (Å²) in [5.74, 6) is 0.567. The number of nitrogens with zero attached hydrogens (tertiary/aromatic N) is 1. The molecule has 1 aromatic rings. The smallest absolute Gasteiger partial charge is 0.413 e. The van der Waals surface area contributed by atoms with E-state index in [9.17, 15) is 4.79 Å². The second-order valence-electron chi connectivity index (χ2n) is 2.96. The van der Waals surface area contributed by atoms with Crippen molar-refractivity contribution < 1.29 is 14.3 Å². The molecule has 0 bridgehead atoms. The van der Waals surface area contributed by atoms with Gasteiger partial charge in [0.05, 0.1) is 19.9 Å². The van der Waals surface area contributed by atoms with Crippen LogP contribution in [-0.4, -0.2) is 27.4 Å². The fourth-order valence-electron chi connectivity index (χ4n) is 1.20. The summed E-state index contributed by atoms with van der Waals surface area (Å²) in [6.07, 6.45) is -0.473. The predicted molar refractivity (Wildman–Crippen MR) is 65.5 cm³/mol. The zero-order chi connectivity index (χ0) is 11.4. The van der Waals surface area contributed by atoms with Crippen molar-refractivity contribution in [3.8, 4) is 5.75 Å². The number of nitrogens with two attached hydrogens (primary N) is 1. The lowest BCUT2D eigenvalue weighted by molar-refractivity contribution is 0.180. The topological polar surface area (TPSA) is 64.8 Å². The summed E-state index contributed by atoms with van der Waals surface area (Å²) >= 11 is 0. The number of benzene rings is 1. The second-order valence-corrected chi connectivity index (χ2v) is 2.96. The van der Waals surface area contributed by atoms with Gasteiger partial charge < -0.3 is 15.2 Å². The van der Waals surface area contributed by atoms with Gasteiger partial charge in [-0.15, -0.1) is 12.4 Å². The average molecular weight is 247 g/mol. The van der Waals surface area contributed by atoms with Crippen molar-refractivity contribution >= 4 is 29.9 Å². The van der Waals surface area contributed by atoms with Crippen LogP contribution in [0.4, 0.5) is 16.2 Å². The molecule has 0 radical (unpaired) electrons. The van der Waals surface area contributed by atoms with E-state index in [2.05, 4.69) is 4.74 Å². The molecule has 5 nitrogen and oxygen atoms in total. The van der Waals surface area contributed by atoms with Crippen LogP contribution in [0, 0.1) is 0 Å². The van der Waals surface area contributed by atoms with Crippen LogP contribution in [0.25, 0.3) is 0 Å². The normalized spacial score (nSPS) is 8.94. The fraction of sp³-hybridized carbons (Fsp3) is 0.300. The minimum Gasteiger partial charge on any atom is -0.495 e. The Bertz CT molecular complexity index is 371. The van der Waals surface area contributed by atoms with Gasteiger partial charge in [0.2, 0.25) is 0 Å². The molecule has 0 saturated heterocycles. The highest BCUT2D eigenvalue weighted by atomic mass is 35.5. The summed E-state index contributed by atoms with van der Waals surface area (Å²) in [5.41, 5.74) is 6.76. The number of methoxy groups -OCH3 is 2. The van der Waals surface area contributed by atoms with Crippen molar-refractivity contribution in [1.82, 2.24) is 0 Å². The Morgan fingerprint density at radius 3 is 2.50 bits per heavy atom. The van der Waals surface area contributed by atoms with E-state index in [0.29, 0.717) is 17.1 Å². The van der Waals surface area contributed by atoms with Crippen LogP contribution in [0.1, 0.15) is 0 Å². The molecule has 0 fully saturated rings. The van der Waals surface area contributed by atoms with Crippen molar-refractivity contribution in [3.05, 3.63) is 18.2 Å². The third-order valence-electron chi connectivity index (χ3n) is 2.01. The third kappa shape index (κ3) is 2.93. The number of rotatable bonds is 2. The number of hydrogen-bond acceptors (Lipinski definition) is 4. The second kappa shape index (κ2) is 6.07. The molecule has 0 aliphatic heterocycles. The zero-order valence-corrected chi connectivity index (χ0v) is 10.2. The molecule has 0 unspecified atom stereocenters. The highest BCUT2D eigenvalue weighted by Gasteiger charge is 2.15. The molecule has 0 atom stereocenters. The standard InChI is InChI=1S/C10H14N2O3.ClH/c1-12(10(13)15-3)8-6-7(11)4-5-9(8)14-2;/h4-6H,11H2,1-3H3;1H. The molecule has 0 spiro atoms. The van der Waals surface area contributed by atoms with Crippen LogP contribution in [-0.2, 0) is 4.74 Å². The highest BCUT2D eigenvalue weighted by Crippen LogP contribution is 2.29. The first-order chi connectivity index (χ1) is 7.10. The maximum Gasteiger partial charge on any atom is 0.413 e. The first kappa shape index (κ1) is 14.4. The van der Waals surface area contributed by atoms with Crippen molar-refractivity contribution in [3.63, 3.8) is 0 Å². The molecule has 0 aliphatic carbocycles. The molecule has 16 heavy (non-hydrogen) atoms. The van der Waals surface area contributed by atoms with Gasteiger partial charge in [-0.3, -0.25) is 4.90 Å². The molecule has 6 heteroatoms. The summed E-state index contributed by atoms with van der Waals surface area (Å²) in [6.45, 7) is 0. The van der Waals surface area contributed by atoms with Gasteiger partial charge in [0.1, 0.15) is 5.75 Å². The van der Waals surface area contributed by atoms with Crippen LogP contribution in [0.5, 0.6) is 5.75 Å². The summed E-state index contributed by atoms with van der Waals surface area (Å²) in [5, 5.41) is 0. The van der Waals surface area contributed by atoms with E-state index in [1.54, 1.807) is 25.2 Å². The molecule has 0 saturated carbocycles.